The minimum Gasteiger partial charge on any atom is -0.387 e. The molecular weight excluding hydrogens is 749 g/mol. The smallest absolute Gasteiger partial charge is 0.255 e. The molecule has 1 atom stereocenters. The number of amidine groups is 1. The summed E-state index contributed by atoms with van der Waals surface area (Å²) in [4.78, 5) is 63.8. The monoisotopic (exact) mass is 815 g/mol. The average Bonchev–Trinajstić information content (AvgIpc) is 3.41. The van der Waals surface area contributed by atoms with Crippen molar-refractivity contribution in [3.05, 3.63) is 93.8 Å². The number of fused-ring (bicyclic) bond motifs is 2. The van der Waals surface area contributed by atoms with Crippen molar-refractivity contribution in [1.82, 2.24) is 15.2 Å². The van der Waals surface area contributed by atoms with Crippen molar-refractivity contribution >= 4 is 46.8 Å². The summed E-state index contributed by atoms with van der Waals surface area (Å²) < 4.78 is 0. The fraction of sp³-hybridized carbons (Fsp3) is 0.520. The Morgan fingerprint density at radius 2 is 1.62 bits per heavy atom. The molecule has 0 bridgehead atoms. The second-order valence-electron chi connectivity index (χ2n) is 17.8. The summed E-state index contributed by atoms with van der Waals surface area (Å²) in [5, 5.41) is 6.04. The zero-order valence-corrected chi connectivity index (χ0v) is 36.4. The first kappa shape index (κ1) is 44.4. The van der Waals surface area contributed by atoms with E-state index in [-0.39, 0.29) is 30.1 Å². The first-order chi connectivity index (χ1) is 29.0. The van der Waals surface area contributed by atoms with E-state index in [1.165, 1.54) is 31.2 Å². The summed E-state index contributed by atoms with van der Waals surface area (Å²) in [6.07, 6.45) is 17.4. The molecule has 320 valence electrons. The van der Waals surface area contributed by atoms with Crippen molar-refractivity contribution in [3.63, 3.8) is 0 Å². The van der Waals surface area contributed by atoms with Crippen molar-refractivity contribution in [2.45, 2.75) is 124 Å². The molecule has 1 unspecified atom stereocenters. The normalized spacial score (nSPS) is 18.6. The number of nitrogens with one attached hydrogen (secondary N) is 2. The lowest BCUT2D eigenvalue weighted by Crippen LogP contribution is -2.34. The molecule has 1 fully saturated rings. The molecule has 3 aromatic rings. The maximum atomic E-state index is 13.5. The summed E-state index contributed by atoms with van der Waals surface area (Å²) >= 11 is 0. The van der Waals surface area contributed by atoms with E-state index in [2.05, 4.69) is 43.3 Å². The van der Waals surface area contributed by atoms with Gasteiger partial charge in [0.05, 0.1) is 17.6 Å². The molecule has 3 amide bonds. The molecule has 2 aliphatic carbocycles. The third kappa shape index (κ3) is 12.2. The van der Waals surface area contributed by atoms with Crippen LogP contribution in [0, 0.1) is 23.7 Å². The maximum Gasteiger partial charge on any atom is 0.255 e. The number of anilines is 1. The SMILES string of the molecule is CCCN(CCC)C(=O)C1=Cc2ccc(C(=O)Nc3cnc4c(c3)CC(Cc3ccc(C(=O)NCCCC(=O)C5CCC(CCC(C)C)CC5)cc3)CC4)cc2N=C(N)C1. The highest BCUT2D eigenvalue weighted by molar-refractivity contribution is 6.08. The largest absolute Gasteiger partial charge is 0.387 e. The van der Waals surface area contributed by atoms with Crippen molar-refractivity contribution in [1.29, 1.82) is 0 Å². The second-order valence-corrected chi connectivity index (χ2v) is 17.8. The fourth-order valence-electron chi connectivity index (χ4n) is 9.11. The van der Waals surface area contributed by atoms with Crippen LogP contribution in [0.25, 0.3) is 6.08 Å². The van der Waals surface area contributed by atoms with Crippen LogP contribution >= 0.6 is 0 Å². The van der Waals surface area contributed by atoms with Gasteiger partial charge in [0.2, 0.25) is 5.91 Å². The predicted octanol–water partition coefficient (Wildman–Crippen LogP) is 9.43. The van der Waals surface area contributed by atoms with Gasteiger partial charge in [0, 0.05) is 66.4 Å². The Morgan fingerprint density at radius 1 is 0.883 bits per heavy atom. The highest BCUT2D eigenvalue weighted by atomic mass is 16.2. The molecule has 3 aliphatic rings. The van der Waals surface area contributed by atoms with Crippen LogP contribution in [-0.2, 0) is 28.9 Å². The van der Waals surface area contributed by atoms with E-state index in [0.717, 1.165) is 80.0 Å². The van der Waals surface area contributed by atoms with E-state index in [9.17, 15) is 19.2 Å². The van der Waals surface area contributed by atoms with Crippen molar-refractivity contribution < 1.29 is 19.2 Å². The molecule has 2 aromatic carbocycles. The molecule has 0 spiro atoms. The van der Waals surface area contributed by atoms with Gasteiger partial charge in [0.25, 0.3) is 11.8 Å². The van der Waals surface area contributed by atoms with Crippen LogP contribution in [0.15, 0.2) is 65.3 Å². The molecule has 0 radical (unpaired) electrons. The first-order valence-electron chi connectivity index (χ1n) is 22.6. The summed E-state index contributed by atoms with van der Waals surface area (Å²) in [5.41, 5.74) is 13.3. The average molecular weight is 815 g/mol. The number of Topliss-reactive ketones (excluding diaryl/α,β-unsaturated/α-hetero) is 1. The predicted molar refractivity (Wildman–Crippen MR) is 241 cm³/mol. The van der Waals surface area contributed by atoms with Crippen LogP contribution in [0.3, 0.4) is 0 Å². The van der Waals surface area contributed by atoms with E-state index in [1.54, 1.807) is 18.3 Å². The molecule has 1 aromatic heterocycles. The van der Waals surface area contributed by atoms with Gasteiger partial charge in [-0.1, -0.05) is 58.7 Å². The van der Waals surface area contributed by atoms with Gasteiger partial charge in [-0.3, -0.25) is 24.2 Å². The number of pyridine rings is 1. The summed E-state index contributed by atoms with van der Waals surface area (Å²) in [7, 11) is 0. The Hall–Kier alpha value is -5.12. The fourth-order valence-corrected chi connectivity index (χ4v) is 9.11. The number of aryl methyl sites for hydroxylation is 1. The van der Waals surface area contributed by atoms with Crippen molar-refractivity contribution in [2.75, 3.05) is 25.0 Å². The van der Waals surface area contributed by atoms with Gasteiger partial charge in [0.1, 0.15) is 11.6 Å². The number of aliphatic imine (C=N–C) groups is 1. The van der Waals surface area contributed by atoms with Gasteiger partial charge in [0.15, 0.2) is 0 Å². The highest BCUT2D eigenvalue weighted by Crippen LogP contribution is 2.34. The standard InChI is InChI=1S/C50H66N6O4/c1-5-24-56(25-6-2)50(60)42-28-39-20-21-40(30-45(39)55-47(51)31-42)49(59)54-43-29-41-27-36(15-22-44(41)53-32-43)26-35-13-18-38(19-14-35)48(58)52-23-7-8-46(57)37-16-11-34(12-17-37)10-9-33(3)4/h13-14,18-21,28-30,32-34,36-37H,5-12,15-17,22-27,31H2,1-4H3,(H2,51,55)(H,52,58)(H,54,59). The third-order valence-corrected chi connectivity index (χ3v) is 12.5. The molecule has 0 saturated heterocycles. The number of carbonyl (C=O) groups is 4. The Bertz CT molecular complexity index is 2040. The number of rotatable bonds is 18. The first-order valence-corrected chi connectivity index (χ1v) is 22.6. The summed E-state index contributed by atoms with van der Waals surface area (Å²) in [6.45, 7) is 10.6. The number of ketones is 1. The topological polar surface area (TPSA) is 147 Å². The van der Waals surface area contributed by atoms with E-state index >= 15 is 0 Å². The lowest BCUT2D eigenvalue weighted by Gasteiger charge is -2.28. The molecule has 60 heavy (non-hydrogen) atoms. The Kier molecular flexibility index (Phi) is 15.9. The number of hydrogen-bond donors (Lipinski definition) is 3. The van der Waals surface area contributed by atoms with Gasteiger partial charge in [-0.2, -0.15) is 0 Å². The number of benzene rings is 2. The molecule has 1 aliphatic heterocycles. The van der Waals surface area contributed by atoms with Crippen LogP contribution in [0.4, 0.5) is 11.4 Å². The number of carbonyl (C=O) groups excluding carboxylic acids is 4. The minimum atomic E-state index is -0.273. The molecule has 10 heteroatoms. The minimum absolute atomic E-state index is 0.0252. The Balaban J connectivity index is 0.968. The van der Waals surface area contributed by atoms with Crippen molar-refractivity contribution in [3.8, 4) is 0 Å². The second kappa shape index (κ2) is 21.4. The summed E-state index contributed by atoms with van der Waals surface area (Å²) in [6, 6.07) is 15.2. The number of amides is 3. The van der Waals surface area contributed by atoms with Crippen LogP contribution in [-0.4, -0.2) is 58.9 Å². The van der Waals surface area contributed by atoms with E-state index in [0.29, 0.717) is 78.1 Å². The lowest BCUT2D eigenvalue weighted by atomic mass is 9.77. The van der Waals surface area contributed by atoms with Crippen LogP contribution < -0.4 is 16.4 Å². The van der Waals surface area contributed by atoms with Crippen LogP contribution in [0.1, 0.15) is 148 Å². The third-order valence-electron chi connectivity index (χ3n) is 12.5. The molecule has 6 rings (SSSR count). The van der Waals surface area contributed by atoms with Gasteiger partial charge in [-0.05, 0) is 136 Å². The zero-order valence-electron chi connectivity index (χ0n) is 36.4. The van der Waals surface area contributed by atoms with E-state index < -0.39 is 0 Å². The zero-order chi connectivity index (χ0) is 42.6. The highest BCUT2D eigenvalue weighted by Gasteiger charge is 2.27. The molecular formula is C50H66N6O4. The van der Waals surface area contributed by atoms with Gasteiger partial charge >= 0.3 is 0 Å². The Morgan fingerprint density at radius 3 is 2.33 bits per heavy atom. The number of hydrogen-bond acceptors (Lipinski definition) is 7. The molecule has 10 nitrogen and oxygen atoms in total. The van der Waals surface area contributed by atoms with E-state index in [1.807, 2.05) is 47.4 Å². The van der Waals surface area contributed by atoms with Gasteiger partial charge in [-0.15, -0.1) is 0 Å². The van der Waals surface area contributed by atoms with Gasteiger partial charge < -0.3 is 21.3 Å². The van der Waals surface area contributed by atoms with Gasteiger partial charge in [-0.25, -0.2) is 4.99 Å². The quantitative estimate of drug-likeness (QED) is 0.109. The molecule has 2 heterocycles. The number of nitrogens with two attached hydrogens (primary N) is 1. The summed E-state index contributed by atoms with van der Waals surface area (Å²) in [5.74, 6) is 2.44. The van der Waals surface area contributed by atoms with Crippen LogP contribution in [0.5, 0.6) is 0 Å². The Labute approximate surface area is 357 Å². The molecule has 4 N–H and O–H groups in total. The van der Waals surface area contributed by atoms with E-state index in [4.69, 9.17) is 10.7 Å². The number of aromatic nitrogens is 1. The lowest BCUT2D eigenvalue weighted by molar-refractivity contribution is -0.127. The maximum absolute atomic E-state index is 13.5. The van der Waals surface area contributed by atoms with Crippen LogP contribution in [0.2, 0.25) is 0 Å². The number of nitrogens with zero attached hydrogens (tertiary/aromatic N) is 3. The van der Waals surface area contributed by atoms with Crippen molar-refractivity contribution in [2.24, 2.45) is 34.4 Å². The molecule has 1 saturated carbocycles.